The number of fused-ring (bicyclic) bond motifs is 2. The minimum atomic E-state index is -1.53. The van der Waals surface area contributed by atoms with E-state index in [0.717, 1.165) is 34.1 Å². The molecule has 2 heterocycles. The van der Waals surface area contributed by atoms with Gasteiger partial charge < -0.3 is 76.9 Å². The van der Waals surface area contributed by atoms with Crippen LogP contribution in [0, 0.1) is 0 Å². The van der Waals surface area contributed by atoms with E-state index in [1.807, 2.05) is 26.0 Å². The Labute approximate surface area is 797 Å². The first-order chi connectivity index (χ1) is 67.2. The number of amides is 6. The Morgan fingerprint density at radius 2 is 0.565 bits per heavy atom. The zero-order chi connectivity index (χ0) is 96.0. The van der Waals surface area contributed by atoms with E-state index in [-0.39, 0.29) is 175 Å². The first-order valence-electron chi connectivity index (χ1n) is 47.2. The van der Waals surface area contributed by atoms with E-state index in [9.17, 15) is 19.2 Å². The third kappa shape index (κ3) is 21.5. The van der Waals surface area contributed by atoms with Crippen LogP contribution in [0.3, 0.4) is 0 Å². The van der Waals surface area contributed by atoms with E-state index in [1.54, 1.807) is 146 Å². The van der Waals surface area contributed by atoms with Crippen molar-refractivity contribution in [3.8, 4) is 69.0 Å². The van der Waals surface area contributed by atoms with E-state index >= 15 is 28.8 Å². The third-order valence-electron chi connectivity index (χ3n) is 25.8. The number of hydrogen-bond acceptors (Lipinski definition) is 24. The van der Waals surface area contributed by atoms with Crippen LogP contribution in [0.25, 0.3) is 43.1 Å². The number of nitrogens with zero attached hydrogens (tertiary/aromatic N) is 2. The fourth-order valence-electron chi connectivity index (χ4n) is 19.5. The number of imide groups is 2. The Kier molecular flexibility index (Phi) is 29.8. The molecular weight excluding hydrogens is 1760 g/mol. The number of esters is 4. The van der Waals surface area contributed by atoms with Gasteiger partial charge in [0.25, 0.3) is 23.6 Å². The van der Waals surface area contributed by atoms with Crippen LogP contribution in [0.4, 0.5) is 0 Å². The lowest BCUT2D eigenvalue weighted by Gasteiger charge is -2.36. The van der Waals surface area contributed by atoms with Gasteiger partial charge in [0.05, 0.1) is 35.5 Å². The summed E-state index contributed by atoms with van der Waals surface area (Å²) in [5, 5.41) is 6.75. The summed E-state index contributed by atoms with van der Waals surface area (Å²) < 4.78 is 90.6. The van der Waals surface area contributed by atoms with Crippen LogP contribution in [-0.4, -0.2) is 170 Å². The second kappa shape index (κ2) is 43.4. The zero-order valence-electron chi connectivity index (χ0n) is 76.9. The Hall–Kier alpha value is -14.9. The Morgan fingerprint density at radius 3 is 0.804 bits per heavy atom. The largest absolute Gasteiger partial charge is 0.490 e. The summed E-state index contributed by atoms with van der Waals surface area (Å²) in [6, 6.07) is 48.0. The topological polar surface area (TPSA) is 330 Å². The molecule has 2 aliphatic heterocycles. The van der Waals surface area contributed by atoms with Crippen molar-refractivity contribution in [2.24, 2.45) is 0 Å². The molecule has 2 N–H and O–H groups in total. The lowest BCUT2D eigenvalue weighted by Crippen LogP contribution is -2.55. The number of benzene rings is 11. The fraction of sp³-hybridized carbons (Fsp3) is 0.327. The molecule has 6 amide bonds. The molecule has 0 bridgehead atoms. The summed E-state index contributed by atoms with van der Waals surface area (Å²) in [6.07, 6.45) is 10.7. The highest BCUT2D eigenvalue weighted by Crippen LogP contribution is 2.59. The van der Waals surface area contributed by atoms with Crippen LogP contribution in [0.5, 0.6) is 69.0 Å². The molecule has 17 rings (SSSR count). The summed E-state index contributed by atoms with van der Waals surface area (Å²) in [5.74, 6) is -5.00. The van der Waals surface area contributed by atoms with Gasteiger partial charge >= 0.3 is 23.9 Å². The van der Waals surface area contributed by atoms with E-state index < -0.39 is 95.8 Å². The van der Waals surface area contributed by atoms with Gasteiger partial charge in [0.15, 0.2) is 0 Å². The van der Waals surface area contributed by atoms with Crippen molar-refractivity contribution in [1.29, 1.82) is 0 Å². The molecule has 138 heavy (non-hydrogen) atoms. The van der Waals surface area contributed by atoms with Gasteiger partial charge in [-0.25, -0.2) is 19.2 Å². The van der Waals surface area contributed by atoms with Gasteiger partial charge in [-0.15, -0.1) is 0 Å². The van der Waals surface area contributed by atoms with Crippen molar-refractivity contribution < 1.29 is 114 Å². The second-order valence-corrected chi connectivity index (χ2v) is 35.0. The SMILES string of the molecule is C=CC(=O)OC1CCCC(Oc2ccc(Oc3cc4c5c(cc(Oc6ccc(OC7CCCC(OC(=O)C=C)C7)cc6)c6c7c(Oc8ccc(OC9CCCC(OC(=O)C=C)C9)cc8)cc8c9c(cc(Oc%10ccc(OC%11CCCC(OC(=O)C=C)C%11)cc%10)c(c3c56)c97)C(=O)N(C(Cc3ccccc3)C(=O)NCCOCC)C8=O)C(=O)N(C(Cc3ccccc3)C(=O)NCCOCC)C4=O)cc2)C1. The maximum Gasteiger partial charge on any atom is 0.330 e. The van der Waals surface area contributed by atoms with E-state index in [2.05, 4.69) is 36.9 Å². The fourth-order valence-corrected chi connectivity index (χ4v) is 19.5. The van der Waals surface area contributed by atoms with Crippen LogP contribution in [-0.2, 0) is 70.0 Å². The lowest BCUT2D eigenvalue weighted by atomic mass is 9.80. The predicted molar refractivity (Wildman–Crippen MR) is 513 cm³/mol. The highest BCUT2D eigenvalue weighted by atomic mass is 16.6. The van der Waals surface area contributed by atoms with Gasteiger partial charge in [-0.05, 0) is 223 Å². The van der Waals surface area contributed by atoms with Gasteiger partial charge in [-0.3, -0.25) is 38.6 Å². The molecule has 0 radical (unpaired) electrons. The summed E-state index contributed by atoms with van der Waals surface area (Å²) in [6.45, 7) is 18.9. The molecule has 0 spiro atoms. The molecule has 0 saturated heterocycles. The minimum Gasteiger partial charge on any atom is -0.490 e. The van der Waals surface area contributed by atoms with E-state index in [1.165, 1.54) is 24.3 Å². The minimum absolute atomic E-state index is 0.0110. The molecule has 712 valence electrons. The standard InChI is InChI=1S/C110H108N4O24/c1-7-93(115)135-79-31-19-27-75(57-79)127-67-35-43-71(44-36-67)131-89-61-83-97-84(108(122)113(107(83)121)87(55-65-23-15-13-16-24-65)105(119)111-51-53-125-11-5)63-91(133-73-47-39-69(40-48-73)129-77-29-21-33-81(59-77)137-95(117)9-3)101-102-92(134-74-49-41-70(42-50-74)130-78-30-22-34-82(60-78)138-96(118)10-4)64-86-98-85(109(123)114(110(86)124)88(56-66-25-17-14-18-26-66)106(120)112-52-54-126-12-6)62-90(100(104(98)102)99(89)103(97)101)132-72-45-37-68(38-46-72)128-76-28-20-32-80(58-76)136-94(116)8-2/h7-10,13-18,23-26,35-50,61-64,75-82,87-88H,1-4,11-12,19-22,27-34,51-60H2,5-6H3,(H,111,119)(H,112,120). The molecule has 10 unspecified atom stereocenters. The summed E-state index contributed by atoms with van der Waals surface area (Å²) >= 11 is 0. The maximum absolute atomic E-state index is 17.0. The molecular formula is C110H108N4O24. The summed E-state index contributed by atoms with van der Waals surface area (Å²) in [4.78, 5) is 151. The monoisotopic (exact) mass is 1870 g/mol. The van der Waals surface area contributed by atoms with Crippen molar-refractivity contribution in [2.75, 3.05) is 39.5 Å². The smallest absolute Gasteiger partial charge is 0.330 e. The van der Waals surface area contributed by atoms with Gasteiger partial charge in [0.1, 0.15) is 130 Å². The highest BCUT2D eigenvalue weighted by Gasteiger charge is 2.47. The molecule has 6 aliphatic rings. The quantitative estimate of drug-likeness (QED) is 0.00685. The average molecular weight is 1870 g/mol. The van der Waals surface area contributed by atoms with Crippen LogP contribution < -0.4 is 48.5 Å². The first kappa shape index (κ1) is 94.8. The molecule has 28 nitrogen and oxygen atoms in total. The zero-order valence-corrected chi connectivity index (χ0v) is 76.9. The predicted octanol–water partition coefficient (Wildman–Crippen LogP) is 19.3. The molecule has 4 saturated carbocycles. The Balaban J connectivity index is 0.935. The number of rotatable bonds is 40. The second-order valence-electron chi connectivity index (χ2n) is 35.0. The van der Waals surface area contributed by atoms with Crippen molar-refractivity contribution in [2.45, 2.75) is 190 Å². The van der Waals surface area contributed by atoms with Crippen LogP contribution in [0.15, 0.2) is 233 Å². The molecule has 11 aromatic rings. The number of hydrogen-bond donors (Lipinski definition) is 2. The summed E-state index contributed by atoms with van der Waals surface area (Å²) in [5.41, 5.74) is 0.725. The molecule has 10 atom stereocenters. The number of ether oxygens (including phenoxy) is 14. The van der Waals surface area contributed by atoms with Crippen molar-refractivity contribution in [1.82, 2.24) is 20.4 Å². The number of nitrogens with one attached hydrogen (secondary N) is 2. The molecule has 4 aliphatic carbocycles. The number of carbonyl (C=O) groups excluding carboxylic acids is 10. The van der Waals surface area contributed by atoms with Crippen LogP contribution in [0.2, 0.25) is 0 Å². The third-order valence-corrected chi connectivity index (χ3v) is 25.8. The average Bonchev–Trinajstić information content (AvgIpc) is 0.668. The van der Waals surface area contributed by atoms with Crippen molar-refractivity contribution in [3.63, 3.8) is 0 Å². The van der Waals surface area contributed by atoms with Crippen LogP contribution in [0.1, 0.15) is 169 Å². The molecule has 0 aromatic heterocycles. The first-order valence-corrected chi connectivity index (χ1v) is 47.2. The highest BCUT2D eigenvalue weighted by molar-refractivity contribution is 6.45. The number of carbonyl (C=O) groups is 10. The van der Waals surface area contributed by atoms with Gasteiger partial charge in [-0.1, -0.05) is 87.0 Å². The van der Waals surface area contributed by atoms with Gasteiger partial charge in [0.2, 0.25) is 11.8 Å². The van der Waals surface area contributed by atoms with Gasteiger partial charge in [-0.2, -0.15) is 0 Å². The summed E-state index contributed by atoms with van der Waals surface area (Å²) in [7, 11) is 0. The maximum atomic E-state index is 17.0. The lowest BCUT2D eigenvalue weighted by molar-refractivity contribution is -0.146. The van der Waals surface area contributed by atoms with E-state index in [0.29, 0.717) is 150 Å². The molecule has 11 aromatic carbocycles. The molecule has 28 heteroatoms. The van der Waals surface area contributed by atoms with E-state index in [4.69, 9.17) is 66.3 Å². The van der Waals surface area contributed by atoms with Crippen LogP contribution >= 0.6 is 0 Å². The molecule has 4 fully saturated rings. The van der Waals surface area contributed by atoms with Gasteiger partial charge in [0, 0.05) is 132 Å². The Bertz CT molecular complexity index is 5730. The Morgan fingerprint density at radius 1 is 0.326 bits per heavy atom. The van der Waals surface area contributed by atoms with Crippen molar-refractivity contribution >= 4 is 102 Å². The van der Waals surface area contributed by atoms with Crippen molar-refractivity contribution in [3.05, 3.63) is 266 Å². The normalized spacial score (nSPS) is 19.5.